The van der Waals surface area contributed by atoms with E-state index in [-0.39, 0.29) is 12.8 Å². The first-order valence-electron chi connectivity index (χ1n) is 19.7. The summed E-state index contributed by atoms with van der Waals surface area (Å²) >= 11 is 0. The van der Waals surface area contributed by atoms with Crippen molar-refractivity contribution in [3.8, 4) is 0 Å². The molecule has 10 amide bonds. The number of hydrogen-bond acceptors (Lipinski definition) is 16. The molecule has 0 aromatic heterocycles. The number of aliphatic hydroxyl groups excluding tert-OH is 4. The first-order valence-corrected chi connectivity index (χ1v) is 19.7. The summed E-state index contributed by atoms with van der Waals surface area (Å²) in [5.74, 6) is -13.1. The van der Waals surface area contributed by atoms with E-state index in [0.717, 1.165) is 13.8 Å². The average Bonchev–Trinajstić information content (AvgIpc) is 3.19. The Labute approximate surface area is 362 Å². The van der Waals surface area contributed by atoms with Gasteiger partial charge in [0.1, 0.15) is 42.3 Å². The van der Waals surface area contributed by atoms with Crippen molar-refractivity contribution in [3.63, 3.8) is 0 Å². The van der Waals surface area contributed by atoms with Gasteiger partial charge in [0.15, 0.2) is 0 Å². The zero-order valence-electron chi connectivity index (χ0n) is 35.8. The van der Waals surface area contributed by atoms with E-state index in [9.17, 15) is 73.2 Å². The standard InChI is InChI=1S/C36H63N11O16/c1-14(2)25(32(58)42-20(12-48)31(57)43-21(13-49)36(62)63)46-35(61)28(17(6)51)47-33(59)26(15(3)4)45-30(56)19(8-10-23(39)53)41-34(60)27(16(5)50)44-24(54)11-40-29(55)18(37)7-9-22(38)52/h14-21,25-28,48-51H,7-13,37H2,1-6H3,(H2,38,52)(H2,39,53)(H,40,55)(H,41,60)(H,42,58)(H,43,57)(H,44,54)(H,45,56)(H,46,61)(H,47,59)(H,62,63)/t16-,17-,18+,19+,20+,21+,25+,26+,27+,28+/m1/s1. The molecular formula is C36H63N11O16. The summed E-state index contributed by atoms with van der Waals surface area (Å²) in [5, 5.41) is 66.6. The Bertz CT molecular complexity index is 1640. The van der Waals surface area contributed by atoms with Crippen molar-refractivity contribution >= 4 is 65.0 Å². The molecule has 358 valence electrons. The zero-order valence-corrected chi connectivity index (χ0v) is 35.8. The fraction of sp³-hybridized carbons (Fsp3) is 0.694. The van der Waals surface area contributed by atoms with Gasteiger partial charge in [-0.2, -0.15) is 0 Å². The number of amides is 10. The quantitative estimate of drug-likeness (QED) is 0.0331. The molecule has 10 atom stereocenters. The van der Waals surface area contributed by atoms with Crippen LogP contribution in [-0.2, 0) is 52.7 Å². The number of hydrogen-bond donors (Lipinski definition) is 16. The van der Waals surface area contributed by atoms with E-state index in [1.165, 1.54) is 27.7 Å². The predicted octanol–water partition coefficient (Wildman–Crippen LogP) is -8.50. The normalized spacial score (nSPS) is 15.9. The maximum absolute atomic E-state index is 13.6. The van der Waals surface area contributed by atoms with Crippen LogP contribution in [-0.4, -0.2) is 171 Å². The van der Waals surface area contributed by atoms with Crippen LogP contribution < -0.4 is 59.7 Å². The number of primary amides is 2. The van der Waals surface area contributed by atoms with E-state index < -0.39 is 170 Å². The lowest BCUT2D eigenvalue weighted by Gasteiger charge is -2.30. The molecule has 0 fully saturated rings. The van der Waals surface area contributed by atoms with Crippen molar-refractivity contribution in [2.75, 3.05) is 19.8 Å². The summed E-state index contributed by atoms with van der Waals surface area (Å²) in [6, 6.07) is -12.8. The van der Waals surface area contributed by atoms with Gasteiger partial charge in [0.2, 0.25) is 59.1 Å². The monoisotopic (exact) mass is 905 g/mol. The number of aliphatic hydroxyl groups is 4. The lowest BCUT2D eigenvalue weighted by atomic mass is 9.99. The van der Waals surface area contributed by atoms with Crippen LogP contribution in [0.5, 0.6) is 0 Å². The topological polar surface area (TPSA) is 463 Å². The number of nitrogens with two attached hydrogens (primary N) is 3. The number of nitrogens with one attached hydrogen (secondary N) is 8. The molecule has 19 N–H and O–H groups in total. The fourth-order valence-electron chi connectivity index (χ4n) is 5.30. The maximum Gasteiger partial charge on any atom is 0.328 e. The molecule has 27 nitrogen and oxygen atoms in total. The molecule has 0 radical (unpaired) electrons. The first kappa shape index (κ1) is 57.0. The summed E-state index contributed by atoms with van der Waals surface area (Å²) < 4.78 is 0. The van der Waals surface area contributed by atoms with Crippen LogP contribution in [0.1, 0.15) is 67.2 Å². The molecule has 0 saturated heterocycles. The molecule has 27 heteroatoms. The Morgan fingerprint density at radius 2 is 0.841 bits per heavy atom. The van der Waals surface area contributed by atoms with E-state index in [0.29, 0.717) is 0 Å². The van der Waals surface area contributed by atoms with Gasteiger partial charge in [0.25, 0.3) is 0 Å². The van der Waals surface area contributed by atoms with Crippen molar-refractivity contribution in [1.29, 1.82) is 0 Å². The summed E-state index contributed by atoms with van der Waals surface area (Å²) in [7, 11) is 0. The Hall–Kier alpha value is -6.03. The Morgan fingerprint density at radius 3 is 1.29 bits per heavy atom. The van der Waals surface area contributed by atoms with Crippen molar-refractivity contribution in [2.45, 2.75) is 128 Å². The molecule has 0 spiro atoms. The van der Waals surface area contributed by atoms with Crippen LogP contribution in [0.2, 0.25) is 0 Å². The van der Waals surface area contributed by atoms with Crippen LogP contribution in [0.3, 0.4) is 0 Å². The Balaban J connectivity index is 6.10. The minimum absolute atomic E-state index is 0.115. The average molecular weight is 906 g/mol. The number of aliphatic carboxylic acids is 1. The molecule has 0 aromatic rings. The van der Waals surface area contributed by atoms with Crippen LogP contribution in [0.4, 0.5) is 0 Å². The minimum atomic E-state index is -1.79. The highest BCUT2D eigenvalue weighted by Gasteiger charge is 2.37. The number of carbonyl (C=O) groups excluding carboxylic acids is 10. The summed E-state index contributed by atoms with van der Waals surface area (Å²) in [6.45, 7) is 5.40. The van der Waals surface area contributed by atoms with Gasteiger partial charge < -0.3 is 85.3 Å². The molecule has 0 heterocycles. The second-order valence-corrected chi connectivity index (χ2v) is 15.2. The van der Waals surface area contributed by atoms with Crippen LogP contribution in [0, 0.1) is 11.8 Å². The second kappa shape index (κ2) is 27.8. The molecule has 0 aliphatic carbocycles. The number of rotatable bonds is 29. The van der Waals surface area contributed by atoms with E-state index in [1.54, 1.807) is 0 Å². The third kappa shape index (κ3) is 20.6. The molecule has 0 rings (SSSR count). The lowest BCUT2D eigenvalue weighted by molar-refractivity contribution is -0.143. The molecule has 0 bridgehead atoms. The number of carboxylic acid groups (broad SMARTS) is 1. The van der Waals surface area contributed by atoms with E-state index >= 15 is 0 Å². The fourth-order valence-corrected chi connectivity index (χ4v) is 5.30. The van der Waals surface area contributed by atoms with Crippen molar-refractivity contribution < 1.29 is 78.3 Å². The summed E-state index contributed by atoms with van der Waals surface area (Å²) in [4.78, 5) is 138. The van der Waals surface area contributed by atoms with Crippen molar-refractivity contribution in [1.82, 2.24) is 42.5 Å². The lowest BCUT2D eigenvalue weighted by Crippen LogP contribution is -2.63. The molecule has 63 heavy (non-hydrogen) atoms. The van der Waals surface area contributed by atoms with Crippen LogP contribution in [0.25, 0.3) is 0 Å². The molecule has 0 unspecified atom stereocenters. The SMILES string of the molecule is CC(C)[C@H](NC(=O)[C@H](CCC(N)=O)NC(=O)[C@@H](NC(=O)CNC(=O)[C@@H](N)CCC(N)=O)[C@@H](C)O)C(=O)N[C@H](C(=O)N[C@H](C(=O)N[C@@H](CO)C(=O)N[C@@H](CO)C(=O)O)C(C)C)[C@@H](C)O. The van der Waals surface area contributed by atoms with Gasteiger partial charge >= 0.3 is 5.97 Å². The van der Waals surface area contributed by atoms with Gasteiger partial charge in [0.05, 0.1) is 38.0 Å². The van der Waals surface area contributed by atoms with Crippen LogP contribution >= 0.6 is 0 Å². The molecule has 0 aliphatic rings. The summed E-state index contributed by atoms with van der Waals surface area (Å²) in [5.41, 5.74) is 16.0. The van der Waals surface area contributed by atoms with Gasteiger partial charge in [-0.1, -0.05) is 27.7 Å². The van der Waals surface area contributed by atoms with Gasteiger partial charge in [-0.25, -0.2) is 4.79 Å². The highest BCUT2D eigenvalue weighted by molar-refractivity contribution is 5.98. The number of carbonyl (C=O) groups is 11. The minimum Gasteiger partial charge on any atom is -0.480 e. The van der Waals surface area contributed by atoms with Gasteiger partial charge in [-0.3, -0.25) is 47.9 Å². The predicted molar refractivity (Wildman–Crippen MR) is 216 cm³/mol. The third-order valence-electron chi connectivity index (χ3n) is 9.02. The molecule has 0 aliphatic heterocycles. The van der Waals surface area contributed by atoms with Gasteiger partial charge in [0, 0.05) is 12.8 Å². The first-order chi connectivity index (χ1) is 29.2. The Kier molecular flexibility index (Phi) is 25.2. The van der Waals surface area contributed by atoms with Crippen molar-refractivity contribution in [2.24, 2.45) is 29.0 Å². The smallest absolute Gasteiger partial charge is 0.328 e. The van der Waals surface area contributed by atoms with Gasteiger partial charge in [-0.05, 0) is 38.5 Å². The highest BCUT2D eigenvalue weighted by atomic mass is 16.4. The van der Waals surface area contributed by atoms with Gasteiger partial charge in [-0.15, -0.1) is 0 Å². The zero-order chi connectivity index (χ0) is 48.9. The van der Waals surface area contributed by atoms with Crippen molar-refractivity contribution in [3.05, 3.63) is 0 Å². The maximum atomic E-state index is 13.6. The molecule has 0 saturated carbocycles. The Morgan fingerprint density at radius 1 is 0.476 bits per heavy atom. The molecular weight excluding hydrogens is 842 g/mol. The van der Waals surface area contributed by atoms with E-state index in [1.807, 2.05) is 5.32 Å². The van der Waals surface area contributed by atoms with Crippen LogP contribution in [0.15, 0.2) is 0 Å². The van der Waals surface area contributed by atoms with E-state index in [2.05, 4.69) is 37.2 Å². The van der Waals surface area contributed by atoms with E-state index in [4.69, 9.17) is 22.3 Å². The summed E-state index contributed by atoms with van der Waals surface area (Å²) in [6.07, 6.45) is -4.48. The highest BCUT2D eigenvalue weighted by Crippen LogP contribution is 2.09. The second-order valence-electron chi connectivity index (χ2n) is 15.2. The third-order valence-corrected chi connectivity index (χ3v) is 9.02. The number of carboxylic acids is 1. The molecule has 0 aromatic carbocycles. The largest absolute Gasteiger partial charge is 0.480 e.